The third-order valence-electron chi connectivity index (χ3n) is 3.30. The molecule has 0 radical (unpaired) electrons. The number of ether oxygens (including phenoxy) is 1. The van der Waals surface area contributed by atoms with E-state index in [1.165, 1.54) is 13.2 Å². The van der Waals surface area contributed by atoms with Crippen molar-refractivity contribution in [1.82, 2.24) is 10.2 Å². The van der Waals surface area contributed by atoms with Crippen molar-refractivity contribution >= 4 is 0 Å². The van der Waals surface area contributed by atoms with Crippen molar-refractivity contribution in [2.45, 2.75) is 33.4 Å². The lowest BCUT2D eigenvalue weighted by molar-refractivity contribution is 0.270. The van der Waals surface area contributed by atoms with Crippen molar-refractivity contribution in [2.24, 2.45) is 0 Å². The van der Waals surface area contributed by atoms with Crippen LogP contribution in [0.4, 0.5) is 4.39 Å². The van der Waals surface area contributed by atoms with E-state index in [0.29, 0.717) is 11.8 Å². The number of nitrogens with zero attached hydrogens (tertiary/aromatic N) is 1. The van der Waals surface area contributed by atoms with Crippen LogP contribution >= 0.6 is 0 Å². The summed E-state index contributed by atoms with van der Waals surface area (Å²) in [5.74, 6) is -0.0156. The van der Waals surface area contributed by atoms with Crippen LogP contribution in [-0.2, 0) is 6.54 Å². The molecule has 0 aromatic heterocycles. The molecule has 0 heterocycles. The van der Waals surface area contributed by atoms with Crippen LogP contribution in [-0.4, -0.2) is 37.7 Å². The van der Waals surface area contributed by atoms with E-state index in [9.17, 15) is 4.39 Å². The number of halogens is 1. The van der Waals surface area contributed by atoms with E-state index in [-0.39, 0.29) is 5.82 Å². The fourth-order valence-corrected chi connectivity index (χ4v) is 2.04. The van der Waals surface area contributed by atoms with Gasteiger partial charge in [0, 0.05) is 19.1 Å². The van der Waals surface area contributed by atoms with Gasteiger partial charge in [0.25, 0.3) is 0 Å². The number of methoxy groups -OCH3 is 1. The average Bonchev–Trinajstić information content (AvgIpc) is 2.43. The highest BCUT2D eigenvalue weighted by molar-refractivity contribution is 5.30. The summed E-state index contributed by atoms with van der Waals surface area (Å²) in [6.45, 7) is 10.4. The number of hydrogen-bond acceptors (Lipinski definition) is 3. The molecule has 0 saturated heterocycles. The highest BCUT2D eigenvalue weighted by Gasteiger charge is 2.08. The highest BCUT2D eigenvalue weighted by atomic mass is 19.1. The molecule has 0 amide bonds. The summed E-state index contributed by atoms with van der Waals surface area (Å²) < 4.78 is 18.3. The van der Waals surface area contributed by atoms with Gasteiger partial charge in [0.05, 0.1) is 7.11 Å². The standard InChI is InChI=1S/C15H25FN2O/c1-5-18(6-2)11-12(3)17-10-13-7-8-14(16)15(9-13)19-4/h7-9,12,17H,5-6,10-11H2,1-4H3. The van der Waals surface area contributed by atoms with Crippen molar-refractivity contribution in [1.29, 1.82) is 0 Å². The van der Waals surface area contributed by atoms with Crippen molar-refractivity contribution in [3.05, 3.63) is 29.6 Å². The molecule has 1 atom stereocenters. The second-order valence-corrected chi connectivity index (χ2v) is 4.74. The second-order valence-electron chi connectivity index (χ2n) is 4.74. The maximum Gasteiger partial charge on any atom is 0.165 e. The molecule has 0 aliphatic carbocycles. The third-order valence-corrected chi connectivity index (χ3v) is 3.30. The Bertz CT molecular complexity index is 380. The topological polar surface area (TPSA) is 24.5 Å². The van der Waals surface area contributed by atoms with Gasteiger partial charge in [-0.2, -0.15) is 0 Å². The van der Waals surface area contributed by atoms with Crippen LogP contribution in [0.15, 0.2) is 18.2 Å². The first-order valence-corrected chi connectivity index (χ1v) is 6.88. The molecule has 0 aliphatic rings. The number of likely N-dealkylation sites (N-methyl/N-ethyl adjacent to an activating group) is 1. The minimum atomic E-state index is -0.317. The molecular weight excluding hydrogens is 243 g/mol. The SMILES string of the molecule is CCN(CC)CC(C)NCc1ccc(F)c(OC)c1. The molecule has 19 heavy (non-hydrogen) atoms. The van der Waals surface area contributed by atoms with Gasteiger partial charge in [-0.3, -0.25) is 0 Å². The van der Waals surface area contributed by atoms with Gasteiger partial charge in [-0.1, -0.05) is 19.9 Å². The van der Waals surface area contributed by atoms with Crippen LogP contribution in [0, 0.1) is 5.82 Å². The summed E-state index contributed by atoms with van der Waals surface area (Å²) in [4.78, 5) is 2.38. The Kier molecular flexibility index (Phi) is 6.81. The Morgan fingerprint density at radius 2 is 2.00 bits per heavy atom. The van der Waals surface area contributed by atoms with E-state index < -0.39 is 0 Å². The lowest BCUT2D eigenvalue weighted by Crippen LogP contribution is -2.38. The quantitative estimate of drug-likeness (QED) is 0.784. The summed E-state index contributed by atoms with van der Waals surface area (Å²) >= 11 is 0. The van der Waals surface area contributed by atoms with E-state index in [1.54, 1.807) is 12.1 Å². The Hall–Kier alpha value is -1.13. The molecular formula is C15H25FN2O. The van der Waals surface area contributed by atoms with E-state index in [2.05, 4.69) is 31.0 Å². The zero-order chi connectivity index (χ0) is 14.3. The van der Waals surface area contributed by atoms with Gasteiger partial charge in [-0.25, -0.2) is 4.39 Å². The largest absolute Gasteiger partial charge is 0.494 e. The molecule has 3 nitrogen and oxygen atoms in total. The molecule has 0 fully saturated rings. The zero-order valence-electron chi connectivity index (χ0n) is 12.4. The van der Waals surface area contributed by atoms with E-state index in [1.807, 2.05) is 0 Å². The van der Waals surface area contributed by atoms with E-state index in [0.717, 1.165) is 31.7 Å². The monoisotopic (exact) mass is 268 g/mol. The molecule has 0 aliphatic heterocycles. The van der Waals surface area contributed by atoms with Crippen LogP contribution in [0.1, 0.15) is 26.3 Å². The molecule has 0 saturated carbocycles. The van der Waals surface area contributed by atoms with Crippen molar-refractivity contribution in [2.75, 3.05) is 26.7 Å². The predicted molar refractivity (Wildman–Crippen MR) is 77.0 cm³/mol. The molecule has 1 aromatic carbocycles. The summed E-state index contributed by atoms with van der Waals surface area (Å²) in [5.41, 5.74) is 1.03. The van der Waals surface area contributed by atoms with Gasteiger partial charge in [-0.05, 0) is 37.7 Å². The summed E-state index contributed by atoms with van der Waals surface area (Å²) in [6.07, 6.45) is 0. The van der Waals surface area contributed by atoms with E-state index in [4.69, 9.17) is 4.74 Å². The Morgan fingerprint density at radius 3 is 2.58 bits per heavy atom. The summed E-state index contributed by atoms with van der Waals surface area (Å²) in [6, 6.07) is 5.38. The Balaban J connectivity index is 2.47. The van der Waals surface area contributed by atoms with Crippen LogP contribution in [0.3, 0.4) is 0 Å². The minimum Gasteiger partial charge on any atom is -0.494 e. The first kappa shape index (κ1) is 15.9. The number of benzene rings is 1. The smallest absolute Gasteiger partial charge is 0.165 e. The highest BCUT2D eigenvalue weighted by Crippen LogP contribution is 2.18. The molecule has 1 unspecified atom stereocenters. The molecule has 4 heteroatoms. The van der Waals surface area contributed by atoms with Crippen LogP contribution in [0.2, 0.25) is 0 Å². The van der Waals surface area contributed by atoms with E-state index >= 15 is 0 Å². The first-order valence-electron chi connectivity index (χ1n) is 6.88. The fourth-order valence-electron chi connectivity index (χ4n) is 2.04. The van der Waals surface area contributed by atoms with Gasteiger partial charge in [0.1, 0.15) is 0 Å². The number of nitrogens with one attached hydrogen (secondary N) is 1. The molecule has 1 N–H and O–H groups in total. The maximum absolute atomic E-state index is 13.3. The normalized spacial score (nSPS) is 12.7. The van der Waals surface area contributed by atoms with Gasteiger partial charge in [0.2, 0.25) is 0 Å². The van der Waals surface area contributed by atoms with Crippen molar-refractivity contribution < 1.29 is 9.13 Å². The lowest BCUT2D eigenvalue weighted by atomic mass is 10.2. The predicted octanol–water partition coefficient (Wildman–Crippen LogP) is 2.65. The Morgan fingerprint density at radius 1 is 1.32 bits per heavy atom. The van der Waals surface area contributed by atoms with Gasteiger partial charge in [-0.15, -0.1) is 0 Å². The molecule has 0 bridgehead atoms. The minimum absolute atomic E-state index is 0.302. The van der Waals surface area contributed by atoms with Crippen LogP contribution < -0.4 is 10.1 Å². The zero-order valence-corrected chi connectivity index (χ0v) is 12.4. The summed E-state index contributed by atoms with van der Waals surface area (Å²) in [5, 5.41) is 3.45. The number of rotatable bonds is 8. The lowest BCUT2D eigenvalue weighted by Gasteiger charge is -2.23. The molecule has 108 valence electrons. The van der Waals surface area contributed by atoms with Crippen LogP contribution in [0.5, 0.6) is 5.75 Å². The van der Waals surface area contributed by atoms with Crippen molar-refractivity contribution in [3.63, 3.8) is 0 Å². The fraction of sp³-hybridized carbons (Fsp3) is 0.600. The maximum atomic E-state index is 13.3. The van der Waals surface area contributed by atoms with Gasteiger partial charge in [0.15, 0.2) is 11.6 Å². The van der Waals surface area contributed by atoms with Gasteiger partial charge >= 0.3 is 0 Å². The third kappa shape index (κ3) is 5.17. The molecule has 0 spiro atoms. The van der Waals surface area contributed by atoms with Crippen LogP contribution in [0.25, 0.3) is 0 Å². The van der Waals surface area contributed by atoms with Gasteiger partial charge < -0.3 is 15.0 Å². The molecule has 1 aromatic rings. The average molecular weight is 268 g/mol. The first-order chi connectivity index (χ1) is 9.10. The van der Waals surface area contributed by atoms with Crippen molar-refractivity contribution in [3.8, 4) is 5.75 Å². The second kappa shape index (κ2) is 8.12. The number of hydrogen-bond donors (Lipinski definition) is 1. The molecule has 1 rings (SSSR count). The summed E-state index contributed by atoms with van der Waals surface area (Å²) in [7, 11) is 1.48. The Labute approximate surface area is 115 Å².